The van der Waals surface area contributed by atoms with Crippen molar-refractivity contribution in [1.82, 2.24) is 0 Å². The minimum Gasteiger partial charge on any atom is -0.478 e. The average molecular weight is 230 g/mol. The molecule has 0 aliphatic carbocycles. The first-order chi connectivity index (χ1) is 8.11. The maximum atomic E-state index is 13.4. The van der Waals surface area contributed by atoms with Gasteiger partial charge in [-0.2, -0.15) is 0 Å². The number of carboxylic acid groups (broad SMARTS) is 1. The Labute approximate surface area is 98.3 Å². The molecule has 2 aromatic carbocycles. The molecule has 1 N–H and O–H groups in total. The molecule has 2 rings (SSSR count). The molecule has 0 unspecified atom stereocenters. The highest BCUT2D eigenvalue weighted by Crippen LogP contribution is 2.27. The first-order valence-electron chi connectivity index (χ1n) is 5.19. The van der Waals surface area contributed by atoms with E-state index in [1.165, 1.54) is 6.07 Å². The van der Waals surface area contributed by atoms with Crippen LogP contribution in [-0.2, 0) is 0 Å². The number of carboxylic acids is 1. The zero-order valence-corrected chi connectivity index (χ0v) is 9.27. The SMILES string of the molecule is Cc1c(-c2ccccc2)ccc(F)c1C(=O)O. The lowest BCUT2D eigenvalue weighted by atomic mass is 9.96. The molecule has 0 saturated carbocycles. The Morgan fingerprint density at radius 2 is 1.76 bits per heavy atom. The predicted octanol–water partition coefficient (Wildman–Crippen LogP) is 3.50. The van der Waals surface area contributed by atoms with Crippen LogP contribution in [0.2, 0.25) is 0 Å². The molecular weight excluding hydrogens is 219 g/mol. The number of halogens is 1. The summed E-state index contributed by atoms with van der Waals surface area (Å²) in [7, 11) is 0. The van der Waals surface area contributed by atoms with Crippen LogP contribution in [0, 0.1) is 12.7 Å². The summed E-state index contributed by atoms with van der Waals surface area (Å²) < 4.78 is 13.4. The maximum Gasteiger partial charge on any atom is 0.338 e. The number of benzene rings is 2. The lowest BCUT2D eigenvalue weighted by molar-refractivity contribution is 0.0691. The van der Waals surface area contributed by atoms with Gasteiger partial charge in [0.2, 0.25) is 0 Å². The summed E-state index contributed by atoms with van der Waals surface area (Å²) in [4.78, 5) is 11.0. The molecule has 0 amide bonds. The van der Waals surface area contributed by atoms with Crippen LogP contribution in [0.1, 0.15) is 15.9 Å². The van der Waals surface area contributed by atoms with Crippen molar-refractivity contribution in [2.24, 2.45) is 0 Å². The van der Waals surface area contributed by atoms with Gasteiger partial charge in [-0.15, -0.1) is 0 Å². The predicted molar refractivity (Wildman–Crippen MR) is 63.5 cm³/mol. The Bertz CT molecular complexity index is 562. The Morgan fingerprint density at radius 1 is 1.12 bits per heavy atom. The van der Waals surface area contributed by atoms with Crippen molar-refractivity contribution in [1.29, 1.82) is 0 Å². The van der Waals surface area contributed by atoms with Gasteiger partial charge in [0.25, 0.3) is 0 Å². The fourth-order valence-corrected chi connectivity index (χ4v) is 1.87. The largest absolute Gasteiger partial charge is 0.478 e. The van der Waals surface area contributed by atoms with Crippen molar-refractivity contribution < 1.29 is 14.3 Å². The zero-order valence-electron chi connectivity index (χ0n) is 9.27. The fraction of sp³-hybridized carbons (Fsp3) is 0.0714. The van der Waals surface area contributed by atoms with Crippen LogP contribution in [0.4, 0.5) is 4.39 Å². The van der Waals surface area contributed by atoms with Crippen molar-refractivity contribution >= 4 is 5.97 Å². The number of rotatable bonds is 2. The number of aromatic carboxylic acids is 1. The Balaban J connectivity index is 2.66. The summed E-state index contributed by atoms with van der Waals surface area (Å²) >= 11 is 0. The van der Waals surface area contributed by atoms with Crippen LogP contribution in [0.15, 0.2) is 42.5 Å². The summed E-state index contributed by atoms with van der Waals surface area (Å²) in [5.74, 6) is -1.94. The highest BCUT2D eigenvalue weighted by molar-refractivity contribution is 5.92. The van der Waals surface area contributed by atoms with Gasteiger partial charge in [-0.05, 0) is 29.7 Å². The molecule has 0 spiro atoms. The molecule has 0 atom stereocenters. The molecule has 0 fully saturated rings. The molecule has 3 heteroatoms. The molecule has 2 nitrogen and oxygen atoms in total. The van der Waals surface area contributed by atoms with Crippen LogP contribution in [0.25, 0.3) is 11.1 Å². The van der Waals surface area contributed by atoms with Crippen LogP contribution in [-0.4, -0.2) is 11.1 Å². The standard InChI is InChI=1S/C14H11FO2/c1-9-11(10-5-3-2-4-6-10)7-8-12(15)13(9)14(16)17/h2-8H,1H3,(H,16,17). The van der Waals surface area contributed by atoms with Crippen LogP contribution < -0.4 is 0 Å². The van der Waals surface area contributed by atoms with Gasteiger partial charge in [0, 0.05) is 0 Å². The smallest absolute Gasteiger partial charge is 0.338 e. The Hall–Kier alpha value is -2.16. The van der Waals surface area contributed by atoms with Gasteiger partial charge in [0.15, 0.2) is 0 Å². The van der Waals surface area contributed by atoms with E-state index in [0.717, 1.165) is 11.1 Å². The third-order valence-corrected chi connectivity index (χ3v) is 2.71. The van der Waals surface area contributed by atoms with Crippen LogP contribution >= 0.6 is 0 Å². The number of carbonyl (C=O) groups is 1. The van der Waals surface area contributed by atoms with Gasteiger partial charge >= 0.3 is 5.97 Å². The van der Waals surface area contributed by atoms with Crippen molar-refractivity contribution in [2.75, 3.05) is 0 Å². The second kappa shape index (κ2) is 4.37. The molecule has 17 heavy (non-hydrogen) atoms. The Kier molecular flexibility index (Phi) is 2.91. The van der Waals surface area contributed by atoms with E-state index in [9.17, 15) is 9.18 Å². The summed E-state index contributed by atoms with van der Waals surface area (Å²) in [6, 6.07) is 12.1. The minimum absolute atomic E-state index is 0.258. The third kappa shape index (κ3) is 2.04. The molecule has 0 aromatic heterocycles. The second-order valence-corrected chi connectivity index (χ2v) is 3.77. The summed E-state index contributed by atoms with van der Waals surface area (Å²) in [6.07, 6.45) is 0. The van der Waals surface area contributed by atoms with Gasteiger partial charge in [0.1, 0.15) is 5.82 Å². The van der Waals surface area contributed by atoms with E-state index in [4.69, 9.17) is 5.11 Å². The summed E-state index contributed by atoms with van der Waals surface area (Å²) in [6.45, 7) is 1.62. The molecule has 0 radical (unpaired) electrons. The topological polar surface area (TPSA) is 37.3 Å². The van der Waals surface area contributed by atoms with Gasteiger partial charge in [-0.25, -0.2) is 9.18 Å². The van der Waals surface area contributed by atoms with Crippen molar-refractivity contribution in [3.63, 3.8) is 0 Å². The molecule has 0 bridgehead atoms. The molecule has 86 valence electrons. The van der Waals surface area contributed by atoms with Crippen molar-refractivity contribution in [2.45, 2.75) is 6.92 Å². The molecule has 0 aliphatic rings. The van der Waals surface area contributed by atoms with E-state index < -0.39 is 11.8 Å². The highest BCUT2D eigenvalue weighted by Gasteiger charge is 2.16. The highest BCUT2D eigenvalue weighted by atomic mass is 19.1. The number of hydrogen-bond donors (Lipinski definition) is 1. The van der Waals surface area contributed by atoms with Gasteiger partial charge in [-0.3, -0.25) is 0 Å². The molecular formula is C14H11FO2. The lowest BCUT2D eigenvalue weighted by Gasteiger charge is -2.09. The summed E-state index contributed by atoms with van der Waals surface area (Å²) in [5, 5.41) is 8.98. The van der Waals surface area contributed by atoms with Crippen molar-refractivity contribution in [3.8, 4) is 11.1 Å². The van der Waals surface area contributed by atoms with Crippen molar-refractivity contribution in [3.05, 3.63) is 59.4 Å². The normalized spacial score (nSPS) is 10.2. The van der Waals surface area contributed by atoms with Gasteiger partial charge in [-0.1, -0.05) is 36.4 Å². The summed E-state index contributed by atoms with van der Waals surface area (Å²) in [5.41, 5.74) is 1.81. The lowest BCUT2D eigenvalue weighted by Crippen LogP contribution is -2.04. The second-order valence-electron chi connectivity index (χ2n) is 3.77. The van der Waals surface area contributed by atoms with Crippen LogP contribution in [0.5, 0.6) is 0 Å². The van der Waals surface area contributed by atoms with Gasteiger partial charge in [0.05, 0.1) is 5.56 Å². The quantitative estimate of drug-likeness (QED) is 0.857. The molecule has 0 saturated heterocycles. The molecule has 2 aromatic rings. The first-order valence-corrected chi connectivity index (χ1v) is 5.19. The zero-order chi connectivity index (χ0) is 12.4. The monoisotopic (exact) mass is 230 g/mol. The van der Waals surface area contributed by atoms with E-state index in [1.807, 2.05) is 30.3 Å². The maximum absolute atomic E-state index is 13.4. The fourth-order valence-electron chi connectivity index (χ4n) is 1.87. The Morgan fingerprint density at radius 3 is 2.35 bits per heavy atom. The minimum atomic E-state index is -1.24. The molecule has 0 heterocycles. The van der Waals surface area contributed by atoms with Crippen LogP contribution in [0.3, 0.4) is 0 Å². The first kappa shape index (κ1) is 11.3. The van der Waals surface area contributed by atoms with E-state index >= 15 is 0 Å². The van der Waals surface area contributed by atoms with E-state index in [-0.39, 0.29) is 5.56 Å². The van der Waals surface area contributed by atoms with E-state index in [1.54, 1.807) is 13.0 Å². The number of hydrogen-bond acceptors (Lipinski definition) is 1. The van der Waals surface area contributed by atoms with E-state index in [0.29, 0.717) is 5.56 Å². The average Bonchev–Trinajstić information content (AvgIpc) is 2.30. The van der Waals surface area contributed by atoms with Gasteiger partial charge < -0.3 is 5.11 Å². The van der Waals surface area contributed by atoms with E-state index in [2.05, 4.69) is 0 Å². The molecule has 0 aliphatic heterocycles. The third-order valence-electron chi connectivity index (χ3n) is 2.71.